The van der Waals surface area contributed by atoms with E-state index in [4.69, 9.17) is 0 Å². The maximum Gasteiger partial charge on any atom is 0.230 e. The van der Waals surface area contributed by atoms with Crippen LogP contribution in [0.5, 0.6) is 0 Å². The highest BCUT2D eigenvalue weighted by Crippen LogP contribution is 2.29. The fraction of sp³-hybridized carbons (Fsp3) is 0.217. The zero-order valence-electron chi connectivity index (χ0n) is 16.6. The topological polar surface area (TPSA) is 46.4 Å². The number of nitrogens with one attached hydrogen (secondary N) is 1. The Bertz CT molecular complexity index is 1170. The highest BCUT2D eigenvalue weighted by molar-refractivity contribution is 7.15. The number of fused-ring (bicyclic) bond motifs is 1. The predicted octanol–water partition coefficient (Wildman–Crippen LogP) is 5.68. The number of aromatic nitrogens is 2. The van der Waals surface area contributed by atoms with E-state index in [9.17, 15) is 9.18 Å². The third-order valence-corrected chi connectivity index (χ3v) is 5.66. The minimum Gasteiger partial charge on any atom is -0.325 e. The number of halogens is 1. The van der Waals surface area contributed by atoms with Crippen molar-refractivity contribution in [2.75, 3.05) is 5.32 Å². The lowest BCUT2D eigenvalue weighted by Crippen LogP contribution is -2.20. The third-order valence-electron chi connectivity index (χ3n) is 4.77. The van der Waals surface area contributed by atoms with Gasteiger partial charge in [-0.05, 0) is 41.3 Å². The number of para-hydroxylation sites is 1. The molecule has 4 aromatic rings. The third kappa shape index (κ3) is 4.07. The van der Waals surface area contributed by atoms with E-state index < -0.39 is 0 Å². The van der Waals surface area contributed by atoms with Crippen LogP contribution in [0.1, 0.15) is 32.0 Å². The molecule has 4 rings (SSSR count). The predicted molar refractivity (Wildman–Crippen MR) is 116 cm³/mol. The summed E-state index contributed by atoms with van der Waals surface area (Å²) in [6.07, 6.45) is 2.14. The molecule has 0 radical (unpaired) electrons. The molecule has 0 saturated carbocycles. The second kappa shape index (κ2) is 7.44. The number of thiazole rings is 1. The van der Waals surface area contributed by atoms with Gasteiger partial charge in [-0.15, -0.1) is 11.3 Å². The maximum atomic E-state index is 13.2. The van der Waals surface area contributed by atoms with Crippen molar-refractivity contribution in [2.45, 2.75) is 32.6 Å². The van der Waals surface area contributed by atoms with Gasteiger partial charge in [0.25, 0.3) is 0 Å². The van der Waals surface area contributed by atoms with Gasteiger partial charge in [0, 0.05) is 28.5 Å². The van der Waals surface area contributed by atoms with Crippen molar-refractivity contribution >= 4 is 27.9 Å². The first-order valence-corrected chi connectivity index (χ1v) is 10.3. The van der Waals surface area contributed by atoms with Crippen LogP contribution in [-0.2, 0) is 16.6 Å². The Kier molecular flexibility index (Phi) is 4.96. The smallest absolute Gasteiger partial charge is 0.230 e. The molecule has 4 nitrogen and oxygen atoms in total. The second-order valence-corrected chi connectivity index (χ2v) is 8.87. The first-order valence-electron chi connectivity index (χ1n) is 9.42. The lowest BCUT2D eigenvalue weighted by molar-refractivity contribution is -0.115. The fourth-order valence-corrected chi connectivity index (χ4v) is 4.19. The van der Waals surface area contributed by atoms with Gasteiger partial charge in [-0.25, -0.2) is 9.37 Å². The summed E-state index contributed by atoms with van der Waals surface area (Å²) in [6.45, 7) is 6.38. The van der Waals surface area contributed by atoms with Gasteiger partial charge in [-0.3, -0.25) is 9.20 Å². The SMILES string of the molecule is CC(C)(C)c1ccccc1NC(=O)Cc1csc2nc(-c3ccc(F)cc3)cn12. The summed E-state index contributed by atoms with van der Waals surface area (Å²) in [5.41, 5.74) is 4.36. The average molecular weight is 408 g/mol. The van der Waals surface area contributed by atoms with E-state index in [-0.39, 0.29) is 23.6 Å². The molecule has 29 heavy (non-hydrogen) atoms. The summed E-state index contributed by atoms with van der Waals surface area (Å²) < 4.78 is 15.1. The Hall–Kier alpha value is -2.99. The van der Waals surface area contributed by atoms with E-state index in [1.165, 1.54) is 23.5 Å². The van der Waals surface area contributed by atoms with Gasteiger partial charge in [-0.1, -0.05) is 39.0 Å². The number of imidazole rings is 1. The van der Waals surface area contributed by atoms with E-state index >= 15 is 0 Å². The van der Waals surface area contributed by atoms with Crippen molar-refractivity contribution in [3.8, 4) is 11.3 Å². The van der Waals surface area contributed by atoms with Crippen LogP contribution in [0, 0.1) is 5.82 Å². The lowest BCUT2D eigenvalue weighted by Gasteiger charge is -2.23. The molecule has 0 aliphatic rings. The summed E-state index contributed by atoms with van der Waals surface area (Å²) in [7, 11) is 0. The number of nitrogens with zero attached hydrogens (tertiary/aromatic N) is 2. The van der Waals surface area contributed by atoms with Crippen molar-refractivity contribution < 1.29 is 9.18 Å². The normalized spacial score (nSPS) is 11.7. The van der Waals surface area contributed by atoms with Crippen LogP contribution in [0.3, 0.4) is 0 Å². The summed E-state index contributed by atoms with van der Waals surface area (Å²) in [6, 6.07) is 14.1. The molecule has 6 heteroatoms. The molecule has 0 fully saturated rings. The van der Waals surface area contributed by atoms with Crippen LogP contribution in [0.25, 0.3) is 16.2 Å². The second-order valence-electron chi connectivity index (χ2n) is 8.03. The Balaban J connectivity index is 1.56. The highest BCUT2D eigenvalue weighted by Gasteiger charge is 2.19. The van der Waals surface area contributed by atoms with Crippen LogP contribution in [-0.4, -0.2) is 15.3 Å². The van der Waals surface area contributed by atoms with Crippen LogP contribution >= 0.6 is 11.3 Å². The number of carbonyl (C=O) groups excluding carboxylic acids is 1. The van der Waals surface area contributed by atoms with Gasteiger partial charge in [0.15, 0.2) is 4.96 Å². The van der Waals surface area contributed by atoms with E-state index in [1.807, 2.05) is 40.2 Å². The van der Waals surface area contributed by atoms with Gasteiger partial charge in [-0.2, -0.15) is 0 Å². The monoisotopic (exact) mass is 407 g/mol. The van der Waals surface area contributed by atoms with Crippen molar-refractivity contribution in [3.63, 3.8) is 0 Å². The van der Waals surface area contributed by atoms with E-state index in [0.29, 0.717) is 0 Å². The maximum absolute atomic E-state index is 13.2. The quantitative estimate of drug-likeness (QED) is 0.473. The molecule has 2 heterocycles. The minimum absolute atomic E-state index is 0.0616. The molecule has 0 aliphatic heterocycles. The van der Waals surface area contributed by atoms with Crippen molar-refractivity contribution in [2.24, 2.45) is 0 Å². The first kappa shape index (κ1) is 19.3. The van der Waals surface area contributed by atoms with Crippen molar-refractivity contribution in [3.05, 3.63) is 77.2 Å². The van der Waals surface area contributed by atoms with E-state index in [0.717, 1.165) is 33.2 Å². The molecule has 0 bridgehead atoms. The molecule has 0 unspecified atom stereocenters. The zero-order valence-corrected chi connectivity index (χ0v) is 17.4. The van der Waals surface area contributed by atoms with Gasteiger partial charge in [0.2, 0.25) is 5.91 Å². The van der Waals surface area contributed by atoms with E-state index in [2.05, 4.69) is 31.1 Å². The van der Waals surface area contributed by atoms with Gasteiger partial charge in [0.1, 0.15) is 5.82 Å². The number of anilines is 1. The number of benzene rings is 2. The summed E-state index contributed by atoms with van der Waals surface area (Å²) >= 11 is 1.49. The number of amides is 1. The Labute approximate surface area is 173 Å². The highest BCUT2D eigenvalue weighted by atomic mass is 32.1. The molecule has 0 atom stereocenters. The molecular formula is C23H22FN3OS. The lowest BCUT2D eigenvalue weighted by atomic mass is 9.86. The van der Waals surface area contributed by atoms with Crippen molar-refractivity contribution in [1.82, 2.24) is 9.38 Å². The molecule has 2 aromatic heterocycles. The standard InChI is InChI=1S/C23H22FN3OS/c1-23(2,3)18-6-4-5-7-19(18)25-21(28)12-17-14-29-22-26-20(13-27(17)22)15-8-10-16(24)11-9-15/h4-11,13-14H,12H2,1-3H3,(H,25,28). The summed E-state index contributed by atoms with van der Waals surface area (Å²) in [4.78, 5) is 18.1. The van der Waals surface area contributed by atoms with Crippen LogP contribution < -0.4 is 5.32 Å². The first-order chi connectivity index (χ1) is 13.8. The average Bonchev–Trinajstić information content (AvgIpc) is 3.24. The Morgan fingerprint density at radius 2 is 1.86 bits per heavy atom. The molecule has 2 aromatic carbocycles. The number of carbonyl (C=O) groups is 1. The van der Waals surface area contributed by atoms with Gasteiger partial charge >= 0.3 is 0 Å². The number of hydrogen-bond donors (Lipinski definition) is 1. The molecule has 148 valence electrons. The summed E-state index contributed by atoms with van der Waals surface area (Å²) in [5, 5.41) is 5.01. The fourth-order valence-electron chi connectivity index (χ4n) is 3.32. The minimum atomic E-state index is -0.275. The van der Waals surface area contributed by atoms with E-state index in [1.54, 1.807) is 12.1 Å². The molecule has 0 saturated heterocycles. The van der Waals surface area contributed by atoms with Crippen LogP contribution in [0.15, 0.2) is 60.1 Å². The molecule has 0 aliphatic carbocycles. The van der Waals surface area contributed by atoms with Gasteiger partial charge in [0.05, 0.1) is 12.1 Å². The molecule has 1 N–H and O–H groups in total. The molecule has 0 spiro atoms. The van der Waals surface area contributed by atoms with Gasteiger partial charge < -0.3 is 5.32 Å². The van der Waals surface area contributed by atoms with Crippen LogP contribution in [0.4, 0.5) is 10.1 Å². The largest absolute Gasteiger partial charge is 0.325 e. The Morgan fingerprint density at radius 3 is 2.59 bits per heavy atom. The zero-order chi connectivity index (χ0) is 20.6. The summed E-state index contributed by atoms with van der Waals surface area (Å²) in [5.74, 6) is -0.346. The molecule has 1 amide bonds. The Morgan fingerprint density at radius 1 is 1.14 bits per heavy atom. The van der Waals surface area contributed by atoms with Crippen LogP contribution in [0.2, 0.25) is 0 Å². The molecular weight excluding hydrogens is 385 g/mol. The number of rotatable bonds is 4. The van der Waals surface area contributed by atoms with Crippen molar-refractivity contribution in [1.29, 1.82) is 0 Å². The number of hydrogen-bond acceptors (Lipinski definition) is 3.